The van der Waals surface area contributed by atoms with Crippen molar-refractivity contribution in [3.05, 3.63) is 10.1 Å². The van der Waals surface area contributed by atoms with Gasteiger partial charge in [-0.3, -0.25) is 23.4 Å². The van der Waals surface area contributed by atoms with Gasteiger partial charge in [-0.15, -0.1) is 5.34 Å². The van der Waals surface area contributed by atoms with Gasteiger partial charge in [-0.05, 0) is 0 Å². The molecule has 0 fully saturated rings. The van der Waals surface area contributed by atoms with E-state index in [2.05, 4.69) is 23.4 Å². The molecule has 10 heavy (non-hydrogen) atoms. The molecule has 0 spiro atoms. The van der Waals surface area contributed by atoms with Crippen LogP contribution in [0.1, 0.15) is 0 Å². The van der Waals surface area contributed by atoms with Crippen molar-refractivity contribution in [1.29, 1.82) is 0 Å². The van der Waals surface area contributed by atoms with Gasteiger partial charge in [0.15, 0.2) is 0 Å². The van der Waals surface area contributed by atoms with Gasteiger partial charge >= 0.3 is 59.1 Å². The van der Waals surface area contributed by atoms with Crippen molar-refractivity contribution in [2.45, 2.75) is 0 Å². The maximum Gasteiger partial charge on any atom is 1.00 e. The fourth-order valence-corrected chi connectivity index (χ4v) is 0. The van der Waals surface area contributed by atoms with E-state index in [9.17, 15) is 0 Å². The molecule has 0 unspecified atom stereocenters. The van der Waals surface area contributed by atoms with Crippen molar-refractivity contribution in [1.82, 2.24) is 0 Å². The van der Waals surface area contributed by atoms with Gasteiger partial charge in [-0.1, -0.05) is 0 Å². The van der Waals surface area contributed by atoms with Gasteiger partial charge in [-0.25, -0.2) is 0 Å². The Labute approximate surface area is 113 Å². The maximum absolute atomic E-state index is 8.00. The van der Waals surface area contributed by atoms with Gasteiger partial charge in [0, 0.05) is 16.8 Å². The summed E-state index contributed by atoms with van der Waals surface area (Å²) in [6.45, 7) is 0. The zero-order valence-corrected chi connectivity index (χ0v) is 10.9. The molecule has 0 aromatic carbocycles. The third-order valence-electron chi connectivity index (χ3n) is 0. The van der Waals surface area contributed by atoms with Gasteiger partial charge in [-0.2, -0.15) is 0 Å². The van der Waals surface area contributed by atoms with E-state index in [-0.39, 0.29) is 75.9 Å². The summed E-state index contributed by atoms with van der Waals surface area (Å²) in [4.78, 5) is 8.00. The van der Waals surface area contributed by atoms with Crippen molar-refractivity contribution in [2.75, 3.05) is 0 Å². The first kappa shape index (κ1) is 41.1. The molecular weight excluding hydrogens is 207 g/mol. The third kappa shape index (κ3) is 244. The van der Waals surface area contributed by atoms with Gasteiger partial charge in [0.1, 0.15) is 0 Å². The topological polar surface area (TPSA) is 157 Å². The summed E-state index contributed by atoms with van der Waals surface area (Å²) in [5, 5.41) is 9.00. The van der Waals surface area contributed by atoms with Gasteiger partial charge in [0.25, 0.3) is 0 Å². The summed E-state index contributed by atoms with van der Waals surface area (Å²) in [6, 6.07) is 0. The Morgan fingerprint density at radius 3 is 1.00 bits per heavy atom. The maximum atomic E-state index is 8.00. The predicted molar refractivity (Wildman–Crippen MR) is 25.9 cm³/mol. The van der Waals surface area contributed by atoms with E-state index in [1.165, 1.54) is 0 Å². The average molecular weight is 215 g/mol. The van der Waals surface area contributed by atoms with Crippen LogP contribution in [0.25, 0.3) is 0 Å². The summed E-state index contributed by atoms with van der Waals surface area (Å²) < 4.78 is 0. The number of nitrogens with two attached hydrogens (primary N) is 4. The fraction of sp³-hybridized carbons (Fsp3) is 0. The van der Waals surface area contributed by atoms with Crippen LogP contribution < -0.4 is 82.5 Å². The molecular formula is H8CoN5Na2O2+. The van der Waals surface area contributed by atoms with Crippen molar-refractivity contribution in [3.63, 3.8) is 0 Å². The molecule has 0 aromatic rings. The number of hydrogen-bond donors (Lipinski definition) is 4. The van der Waals surface area contributed by atoms with Gasteiger partial charge < -0.3 is 10.1 Å². The van der Waals surface area contributed by atoms with Crippen molar-refractivity contribution >= 4 is 0 Å². The minimum Gasteiger partial charge on any atom is -0.444 e. The molecule has 0 aliphatic rings. The van der Waals surface area contributed by atoms with E-state index < -0.39 is 0 Å². The number of rotatable bonds is 0. The van der Waals surface area contributed by atoms with Crippen LogP contribution in [0.4, 0.5) is 0 Å². The molecule has 0 saturated heterocycles. The Bertz CT molecular complexity index is 25.1. The van der Waals surface area contributed by atoms with E-state index >= 15 is 0 Å². The second kappa shape index (κ2) is 135. The van der Waals surface area contributed by atoms with Crippen molar-refractivity contribution in [3.8, 4) is 0 Å². The Balaban J connectivity index is -0.00000000536. The second-order valence-corrected chi connectivity index (χ2v) is 0.0745. The fourth-order valence-electron chi connectivity index (χ4n) is 0. The van der Waals surface area contributed by atoms with E-state index in [0.717, 1.165) is 5.34 Å². The molecule has 0 bridgehead atoms. The molecule has 0 heterocycles. The smallest absolute Gasteiger partial charge is 0.444 e. The molecule has 0 aliphatic heterocycles. The molecule has 0 atom stereocenters. The summed E-state index contributed by atoms with van der Waals surface area (Å²) in [5.41, 5.74) is 0. The van der Waals surface area contributed by atoms with Gasteiger partial charge in [0.05, 0.1) is 0 Å². The Hall–Kier alpha value is 1.75. The predicted octanol–water partition coefficient (Wildman–Crippen LogP) is -8.11. The minimum absolute atomic E-state index is 0. The van der Waals surface area contributed by atoms with E-state index in [1.54, 1.807) is 0 Å². The quantitative estimate of drug-likeness (QED) is 0.136. The Morgan fingerprint density at radius 1 is 1.00 bits per heavy atom. The Kier molecular flexibility index (Phi) is 556. The Morgan fingerprint density at radius 2 is 1.00 bits per heavy atom. The molecule has 0 aliphatic carbocycles. The largest absolute Gasteiger partial charge is 1.00 e. The molecule has 0 aromatic heterocycles. The van der Waals surface area contributed by atoms with Crippen LogP contribution in [-0.4, -0.2) is 0 Å². The van der Waals surface area contributed by atoms with Crippen molar-refractivity contribution < 1.29 is 75.9 Å². The van der Waals surface area contributed by atoms with Crippen LogP contribution in [0.5, 0.6) is 0 Å². The summed E-state index contributed by atoms with van der Waals surface area (Å²) in [7, 11) is 0. The molecule has 55 valence electrons. The number of hydrogen-bond acceptors (Lipinski definition) is 7. The zero-order chi connectivity index (χ0) is 6.71. The molecule has 0 amide bonds. The molecule has 10 heteroatoms. The monoisotopic (exact) mass is 215 g/mol. The molecule has 0 rings (SSSR count). The van der Waals surface area contributed by atoms with Gasteiger partial charge in [0.2, 0.25) is 0 Å². The standard InChI is InChI=1S/Co.2H4N2.HNO2.2Na/c;2*1-2;2-1-3;;/h;2*1-2H2;(H,2,3);;/q;;;;2*+1/p-1. The van der Waals surface area contributed by atoms with Crippen LogP contribution in [-0.2, 0) is 16.8 Å². The van der Waals surface area contributed by atoms with Crippen molar-refractivity contribution in [2.24, 2.45) is 28.7 Å². The SMILES string of the molecule is NN.NN.O=N[O-].[Co].[Na+].[Na+]. The molecule has 7 nitrogen and oxygen atoms in total. The summed E-state index contributed by atoms with van der Waals surface area (Å²) in [6.07, 6.45) is 0. The molecule has 8 N–H and O–H groups in total. The number of nitrogens with zero attached hydrogens (tertiary/aromatic N) is 1. The first-order valence-corrected chi connectivity index (χ1v) is 1.03. The summed E-state index contributed by atoms with van der Waals surface area (Å²) >= 11 is 0. The zero-order valence-electron chi connectivity index (χ0n) is 5.91. The van der Waals surface area contributed by atoms with Crippen LogP contribution in [0.15, 0.2) is 5.34 Å². The van der Waals surface area contributed by atoms with E-state index in [0.29, 0.717) is 0 Å². The summed E-state index contributed by atoms with van der Waals surface area (Å²) in [5.74, 6) is 16.0. The normalized spacial score (nSPS) is 2.40. The van der Waals surface area contributed by atoms with Crippen LogP contribution in [0.3, 0.4) is 0 Å². The first-order valence-electron chi connectivity index (χ1n) is 1.03. The molecule has 1 radical (unpaired) electrons. The van der Waals surface area contributed by atoms with E-state index in [4.69, 9.17) is 10.1 Å². The third-order valence-corrected chi connectivity index (χ3v) is 0. The van der Waals surface area contributed by atoms with Crippen LogP contribution in [0.2, 0.25) is 0 Å². The average Bonchev–Trinajstić information content (AvgIpc) is 1.78. The second-order valence-electron chi connectivity index (χ2n) is 0.0745. The van der Waals surface area contributed by atoms with E-state index in [1.807, 2.05) is 0 Å². The minimum atomic E-state index is 0. The number of hydrazine groups is 2. The first-order chi connectivity index (χ1) is 3.41. The van der Waals surface area contributed by atoms with Crippen LogP contribution >= 0.6 is 0 Å². The molecule has 0 saturated carbocycles. The van der Waals surface area contributed by atoms with Crippen LogP contribution in [0, 0.1) is 10.1 Å².